The highest BCUT2D eigenvalue weighted by molar-refractivity contribution is 7.89. The summed E-state index contributed by atoms with van der Waals surface area (Å²) in [5.41, 5.74) is 1.51. The molecule has 0 spiro atoms. The Labute approximate surface area is 158 Å². The van der Waals surface area contributed by atoms with Gasteiger partial charge in [0.15, 0.2) is 0 Å². The van der Waals surface area contributed by atoms with Crippen molar-refractivity contribution in [2.24, 2.45) is 0 Å². The minimum atomic E-state index is -3.83. The van der Waals surface area contributed by atoms with Gasteiger partial charge in [0, 0.05) is 25.2 Å². The molecule has 1 amide bonds. The molecule has 0 aliphatic rings. The third-order valence-electron chi connectivity index (χ3n) is 4.23. The van der Waals surface area contributed by atoms with Gasteiger partial charge < -0.3 is 5.32 Å². The zero-order valence-corrected chi connectivity index (χ0v) is 15.8. The molecule has 7 heteroatoms. The fourth-order valence-electron chi connectivity index (χ4n) is 2.79. The molecule has 0 unspecified atom stereocenters. The number of rotatable bonds is 7. The van der Waals surface area contributed by atoms with Gasteiger partial charge in [0.2, 0.25) is 15.9 Å². The summed E-state index contributed by atoms with van der Waals surface area (Å²) in [6.45, 7) is 0.201. The number of fused-ring (bicyclic) bond motifs is 1. The number of para-hydroxylation sites is 1. The second kappa shape index (κ2) is 8.28. The van der Waals surface area contributed by atoms with Gasteiger partial charge in [0.1, 0.15) is 4.90 Å². The third kappa shape index (κ3) is 4.50. The Balaban J connectivity index is 1.65. The van der Waals surface area contributed by atoms with E-state index in [0.29, 0.717) is 18.5 Å². The van der Waals surface area contributed by atoms with E-state index in [4.69, 9.17) is 0 Å². The summed E-state index contributed by atoms with van der Waals surface area (Å²) in [5, 5.41) is 3.50. The van der Waals surface area contributed by atoms with E-state index in [1.807, 2.05) is 30.3 Å². The third-order valence-corrected chi connectivity index (χ3v) is 6.06. The fraction of sp³-hybridized carbons (Fsp3) is 0.200. The fourth-order valence-corrected chi connectivity index (χ4v) is 4.07. The highest BCUT2D eigenvalue weighted by Crippen LogP contribution is 2.23. The van der Waals surface area contributed by atoms with Crippen LogP contribution in [0.3, 0.4) is 0 Å². The number of pyridine rings is 1. The van der Waals surface area contributed by atoms with Gasteiger partial charge in [-0.3, -0.25) is 9.78 Å². The zero-order valence-electron chi connectivity index (χ0n) is 15.0. The highest BCUT2D eigenvalue weighted by Gasteiger charge is 2.25. The van der Waals surface area contributed by atoms with Crippen molar-refractivity contribution in [1.82, 2.24) is 14.6 Å². The molecule has 6 nitrogen and oxygen atoms in total. The Hall–Kier alpha value is -2.77. The number of aromatic nitrogens is 1. The molecule has 3 aromatic rings. The molecule has 1 N–H and O–H groups in total. The molecule has 27 heavy (non-hydrogen) atoms. The van der Waals surface area contributed by atoms with Crippen molar-refractivity contribution in [1.29, 1.82) is 0 Å². The van der Waals surface area contributed by atoms with Crippen molar-refractivity contribution >= 4 is 26.8 Å². The van der Waals surface area contributed by atoms with Crippen LogP contribution in [0.25, 0.3) is 10.9 Å². The summed E-state index contributed by atoms with van der Waals surface area (Å²) >= 11 is 0. The van der Waals surface area contributed by atoms with E-state index < -0.39 is 10.0 Å². The number of nitrogens with zero attached hydrogens (tertiary/aromatic N) is 2. The first-order valence-electron chi connectivity index (χ1n) is 8.59. The molecule has 0 saturated heterocycles. The number of hydrogen-bond donors (Lipinski definition) is 1. The number of carbonyl (C=O) groups excluding carboxylic acids is 1. The molecule has 1 aromatic heterocycles. The molecule has 2 aromatic carbocycles. The van der Waals surface area contributed by atoms with Crippen molar-refractivity contribution in [2.75, 3.05) is 20.1 Å². The summed E-state index contributed by atoms with van der Waals surface area (Å²) in [6, 6.07) is 18.3. The Morgan fingerprint density at radius 1 is 1.04 bits per heavy atom. The zero-order chi connectivity index (χ0) is 19.3. The minimum Gasteiger partial charge on any atom is -0.355 e. The maximum atomic E-state index is 12.9. The summed E-state index contributed by atoms with van der Waals surface area (Å²) in [6.07, 6.45) is 2.24. The topological polar surface area (TPSA) is 79.4 Å². The number of benzene rings is 2. The van der Waals surface area contributed by atoms with Crippen LogP contribution >= 0.6 is 0 Å². The summed E-state index contributed by atoms with van der Waals surface area (Å²) < 4.78 is 26.8. The summed E-state index contributed by atoms with van der Waals surface area (Å²) in [7, 11) is -2.43. The molecule has 0 aliphatic heterocycles. The van der Waals surface area contributed by atoms with Crippen LogP contribution < -0.4 is 5.32 Å². The molecule has 0 fully saturated rings. The number of sulfonamides is 1. The van der Waals surface area contributed by atoms with E-state index in [1.165, 1.54) is 13.1 Å². The molecule has 0 saturated carbocycles. The number of likely N-dealkylation sites (N-methyl/N-ethyl adjacent to an activating group) is 1. The number of nitrogens with one attached hydrogen (secondary N) is 1. The second-order valence-electron chi connectivity index (χ2n) is 6.18. The van der Waals surface area contributed by atoms with Crippen molar-refractivity contribution in [3.63, 3.8) is 0 Å². The molecule has 3 rings (SSSR count). The van der Waals surface area contributed by atoms with Crippen molar-refractivity contribution in [3.8, 4) is 0 Å². The van der Waals surface area contributed by atoms with E-state index in [9.17, 15) is 13.2 Å². The molecule has 0 atom stereocenters. The Bertz CT molecular complexity index is 1030. The van der Waals surface area contributed by atoms with Crippen LogP contribution in [-0.4, -0.2) is 43.8 Å². The first-order valence-corrected chi connectivity index (χ1v) is 10.0. The first kappa shape index (κ1) is 19.0. The highest BCUT2D eigenvalue weighted by atomic mass is 32.2. The first-order chi connectivity index (χ1) is 13.0. The largest absolute Gasteiger partial charge is 0.355 e. The van der Waals surface area contributed by atoms with Gasteiger partial charge in [0.05, 0.1) is 12.1 Å². The van der Waals surface area contributed by atoms with E-state index in [-0.39, 0.29) is 17.3 Å². The Morgan fingerprint density at radius 3 is 2.56 bits per heavy atom. The van der Waals surface area contributed by atoms with Gasteiger partial charge in [-0.25, -0.2) is 8.42 Å². The molecule has 0 bridgehead atoms. The van der Waals surface area contributed by atoms with Crippen molar-refractivity contribution in [2.45, 2.75) is 11.3 Å². The number of carbonyl (C=O) groups is 1. The molecule has 1 heterocycles. The second-order valence-corrected chi connectivity index (χ2v) is 8.19. The Kier molecular flexibility index (Phi) is 5.83. The van der Waals surface area contributed by atoms with Gasteiger partial charge in [-0.1, -0.05) is 48.5 Å². The van der Waals surface area contributed by atoms with Crippen LogP contribution in [0.2, 0.25) is 0 Å². The van der Waals surface area contributed by atoms with Gasteiger partial charge in [-0.2, -0.15) is 4.31 Å². The van der Waals surface area contributed by atoms with Crippen LogP contribution in [0.4, 0.5) is 0 Å². The summed E-state index contributed by atoms with van der Waals surface area (Å²) in [4.78, 5) is 16.4. The average molecular weight is 383 g/mol. The predicted octanol–water partition coefficient (Wildman–Crippen LogP) is 2.21. The van der Waals surface area contributed by atoms with Gasteiger partial charge >= 0.3 is 0 Å². The Morgan fingerprint density at radius 2 is 1.78 bits per heavy atom. The number of hydrogen-bond acceptors (Lipinski definition) is 4. The lowest BCUT2D eigenvalue weighted by Gasteiger charge is -2.17. The van der Waals surface area contributed by atoms with E-state index in [2.05, 4.69) is 10.3 Å². The van der Waals surface area contributed by atoms with Crippen LogP contribution in [0, 0.1) is 0 Å². The monoisotopic (exact) mass is 383 g/mol. The lowest BCUT2D eigenvalue weighted by Crippen LogP contribution is -2.39. The molecular formula is C20H21N3O3S. The predicted molar refractivity (Wildman–Crippen MR) is 105 cm³/mol. The minimum absolute atomic E-state index is 0.0974. The lowest BCUT2D eigenvalue weighted by atomic mass is 10.1. The van der Waals surface area contributed by atoms with Gasteiger partial charge in [-0.05, 0) is 24.1 Å². The molecular weight excluding hydrogens is 362 g/mol. The normalized spacial score (nSPS) is 11.6. The van der Waals surface area contributed by atoms with Crippen LogP contribution in [0.5, 0.6) is 0 Å². The maximum absolute atomic E-state index is 12.9. The van der Waals surface area contributed by atoms with Crippen LogP contribution in [0.1, 0.15) is 5.56 Å². The lowest BCUT2D eigenvalue weighted by molar-refractivity contribution is -0.121. The van der Waals surface area contributed by atoms with Crippen molar-refractivity contribution in [3.05, 3.63) is 72.4 Å². The molecule has 140 valence electrons. The maximum Gasteiger partial charge on any atom is 0.245 e. The van der Waals surface area contributed by atoms with E-state index in [1.54, 1.807) is 30.5 Å². The van der Waals surface area contributed by atoms with Crippen molar-refractivity contribution < 1.29 is 13.2 Å². The van der Waals surface area contributed by atoms with E-state index >= 15 is 0 Å². The average Bonchev–Trinajstić information content (AvgIpc) is 2.68. The van der Waals surface area contributed by atoms with Gasteiger partial charge in [-0.15, -0.1) is 0 Å². The van der Waals surface area contributed by atoms with E-state index in [0.717, 1.165) is 15.3 Å². The molecule has 0 radical (unpaired) electrons. The SMILES string of the molecule is CN(CC(=O)NCCc1ccccc1)S(=O)(=O)c1cccc2cccnc12. The van der Waals surface area contributed by atoms with Crippen LogP contribution in [0.15, 0.2) is 71.8 Å². The molecule has 0 aliphatic carbocycles. The quantitative estimate of drug-likeness (QED) is 0.678. The van der Waals surface area contributed by atoms with Crippen LogP contribution in [-0.2, 0) is 21.2 Å². The van der Waals surface area contributed by atoms with Gasteiger partial charge in [0.25, 0.3) is 0 Å². The number of amides is 1. The standard InChI is InChI=1S/C20H21N3O3S/c1-23(15-19(24)21-14-12-16-7-3-2-4-8-16)27(25,26)18-11-5-9-17-10-6-13-22-20(17)18/h2-11,13H,12,14-15H2,1H3,(H,21,24). The summed E-state index contributed by atoms with van der Waals surface area (Å²) in [5.74, 6) is -0.342. The smallest absolute Gasteiger partial charge is 0.245 e.